The van der Waals surface area contributed by atoms with E-state index in [2.05, 4.69) is 10.1 Å². The number of aliphatic hydroxyl groups is 1. The Morgan fingerprint density at radius 2 is 1.49 bits per heavy atom. The van der Waals surface area contributed by atoms with Crippen LogP contribution in [0.1, 0.15) is 66.8 Å². The van der Waals surface area contributed by atoms with Crippen molar-refractivity contribution in [2.45, 2.75) is 64.0 Å². The number of nitrogens with one attached hydrogen (secondary N) is 2. The van der Waals surface area contributed by atoms with E-state index in [-0.39, 0.29) is 41.3 Å². The number of sulfonamides is 2. The van der Waals surface area contributed by atoms with Crippen molar-refractivity contribution >= 4 is 31.9 Å². The van der Waals surface area contributed by atoms with Gasteiger partial charge >= 0.3 is 0 Å². The van der Waals surface area contributed by atoms with Crippen LogP contribution < -0.4 is 15.3 Å². The fourth-order valence-electron chi connectivity index (χ4n) is 4.73. The third kappa shape index (κ3) is 12.4. The molecule has 0 radical (unpaired) electrons. The number of primary sulfonamides is 1. The zero-order chi connectivity index (χ0) is 34.1. The maximum atomic E-state index is 14.0. The van der Waals surface area contributed by atoms with Crippen LogP contribution in [0.15, 0.2) is 41.3 Å². The highest BCUT2D eigenvalue weighted by atomic mass is 32.2. The Morgan fingerprint density at radius 1 is 0.933 bits per heavy atom. The van der Waals surface area contributed by atoms with Gasteiger partial charge < -0.3 is 15.3 Å². The van der Waals surface area contributed by atoms with Crippen LogP contribution in [0.4, 0.5) is 8.78 Å². The van der Waals surface area contributed by atoms with Gasteiger partial charge in [-0.2, -0.15) is 0 Å². The van der Waals surface area contributed by atoms with Gasteiger partial charge in [-0.05, 0) is 61.1 Å². The van der Waals surface area contributed by atoms with E-state index in [1.54, 1.807) is 13.8 Å². The number of nitrogens with zero attached hydrogens (tertiary/aromatic N) is 2. The van der Waals surface area contributed by atoms with Crippen molar-refractivity contribution in [3.63, 3.8) is 0 Å². The Kier molecular flexibility index (Phi) is 14.0. The summed E-state index contributed by atoms with van der Waals surface area (Å²) >= 11 is 0. The van der Waals surface area contributed by atoms with Crippen molar-refractivity contribution in [3.8, 4) is 0 Å². The molecule has 0 bridgehead atoms. The minimum absolute atomic E-state index is 0.0730. The fraction of sp³-hybridized carbons (Fsp3) is 0.517. The molecule has 0 aliphatic heterocycles. The van der Waals surface area contributed by atoms with Crippen molar-refractivity contribution < 1.29 is 40.3 Å². The van der Waals surface area contributed by atoms with Gasteiger partial charge in [0.05, 0.1) is 22.8 Å². The van der Waals surface area contributed by atoms with Crippen LogP contribution in [0, 0.1) is 17.6 Å². The van der Waals surface area contributed by atoms with Crippen LogP contribution in [0.2, 0.25) is 0 Å². The van der Waals surface area contributed by atoms with Gasteiger partial charge in [0.2, 0.25) is 20.0 Å². The van der Waals surface area contributed by atoms with Crippen LogP contribution in [-0.2, 0) is 26.5 Å². The summed E-state index contributed by atoms with van der Waals surface area (Å²) in [6.45, 7) is 7.60. The van der Waals surface area contributed by atoms with Gasteiger partial charge in [0.25, 0.3) is 11.8 Å². The first kappa shape index (κ1) is 38.2. The van der Waals surface area contributed by atoms with Gasteiger partial charge in [0, 0.05) is 43.9 Å². The van der Waals surface area contributed by atoms with Gasteiger partial charge in [-0.3, -0.25) is 9.59 Å². The molecule has 0 aliphatic carbocycles. The van der Waals surface area contributed by atoms with Crippen molar-refractivity contribution in [2.24, 2.45) is 11.1 Å². The first-order valence-electron chi connectivity index (χ1n) is 14.5. The van der Waals surface area contributed by atoms with E-state index in [4.69, 9.17) is 5.14 Å². The molecular formula is C29H43F2N5O7S2. The summed E-state index contributed by atoms with van der Waals surface area (Å²) in [7, 11) is -6.77. The second kappa shape index (κ2) is 16.5. The number of hydrogen-bond acceptors (Lipinski definition) is 8. The summed E-state index contributed by atoms with van der Waals surface area (Å²) in [4.78, 5) is 30.2. The first-order chi connectivity index (χ1) is 20.8. The monoisotopic (exact) mass is 675 g/mol. The van der Waals surface area contributed by atoms with Crippen LogP contribution >= 0.6 is 0 Å². The largest absolute Gasteiger partial charge is 0.390 e. The maximum Gasteiger partial charge on any atom is 0.253 e. The molecule has 0 fully saturated rings. The van der Waals surface area contributed by atoms with Gasteiger partial charge in [0.1, 0.15) is 11.6 Å². The average molecular weight is 676 g/mol. The van der Waals surface area contributed by atoms with Gasteiger partial charge in [-0.15, -0.1) is 4.83 Å². The maximum absolute atomic E-state index is 14.0. The molecular weight excluding hydrogens is 632 g/mol. The number of aliphatic hydroxyl groups excluding tert-OH is 1. The number of rotatable bonds is 17. The lowest BCUT2D eigenvalue weighted by Crippen LogP contribution is -2.52. The lowest BCUT2D eigenvalue weighted by atomic mass is 9.99. The number of carbonyl (C=O) groups excluding carboxylic acids is 2. The zero-order valence-corrected chi connectivity index (χ0v) is 27.7. The van der Waals surface area contributed by atoms with Crippen LogP contribution in [0.25, 0.3) is 0 Å². The highest BCUT2D eigenvalue weighted by Crippen LogP contribution is 2.19. The number of halogens is 2. The van der Waals surface area contributed by atoms with E-state index in [0.717, 1.165) is 29.3 Å². The number of likely N-dealkylation sites (N-methyl/N-ethyl adjacent to an activating group) is 1. The second-order valence-electron chi connectivity index (χ2n) is 11.4. The Morgan fingerprint density at radius 3 is 2.00 bits per heavy atom. The molecule has 2 atom stereocenters. The van der Waals surface area contributed by atoms with Crippen LogP contribution in [0.3, 0.4) is 0 Å². The van der Waals surface area contributed by atoms with Crippen molar-refractivity contribution in [1.82, 2.24) is 20.1 Å². The number of nitrogens with two attached hydrogens (primary N) is 1. The van der Waals surface area contributed by atoms with E-state index < -0.39 is 60.5 Å². The minimum Gasteiger partial charge on any atom is -0.390 e. The quantitative estimate of drug-likeness (QED) is 0.184. The first-order valence-corrected chi connectivity index (χ1v) is 17.7. The molecule has 0 aromatic heterocycles. The third-order valence-electron chi connectivity index (χ3n) is 6.49. The smallest absolute Gasteiger partial charge is 0.253 e. The molecule has 16 heteroatoms. The lowest BCUT2D eigenvalue weighted by molar-refractivity contribution is 0.0687. The van der Waals surface area contributed by atoms with Gasteiger partial charge in [0.15, 0.2) is 0 Å². The van der Waals surface area contributed by atoms with E-state index in [0.29, 0.717) is 32.0 Å². The number of benzene rings is 2. The molecule has 0 saturated heterocycles. The highest BCUT2D eigenvalue weighted by Gasteiger charge is 2.27. The zero-order valence-electron chi connectivity index (χ0n) is 26.1. The number of carbonyl (C=O) groups is 2. The molecule has 5 N–H and O–H groups in total. The van der Waals surface area contributed by atoms with Crippen molar-refractivity contribution in [1.29, 1.82) is 0 Å². The van der Waals surface area contributed by atoms with E-state index in [9.17, 15) is 40.3 Å². The summed E-state index contributed by atoms with van der Waals surface area (Å²) in [6, 6.07) is 4.67. The van der Waals surface area contributed by atoms with E-state index >= 15 is 0 Å². The van der Waals surface area contributed by atoms with Crippen LogP contribution in [-0.4, -0.2) is 88.2 Å². The van der Waals surface area contributed by atoms with Gasteiger partial charge in [-0.1, -0.05) is 27.7 Å². The molecule has 2 amide bonds. The molecule has 2 rings (SSSR count). The molecule has 12 nitrogen and oxygen atoms in total. The lowest BCUT2D eigenvalue weighted by Gasteiger charge is -2.28. The summed E-state index contributed by atoms with van der Waals surface area (Å²) in [5, 5.41) is 20.1. The van der Waals surface area contributed by atoms with Gasteiger partial charge in [-0.25, -0.2) is 35.8 Å². The molecule has 2 unspecified atom stereocenters. The Hall–Kier alpha value is -3.02. The van der Waals surface area contributed by atoms with Crippen LogP contribution in [0.5, 0.6) is 0 Å². The standard InChI is InChI=1S/C29H43F2N5O7S2/c1-6-8-36(9-7-2)29(39)22-13-21(14-25(15-22)45(32,42)43)28(38)33-26(12-20-10-23(30)16-24(31)11-20)27(37)17-35(5)34-44(40,41)18-19(3)4/h10-11,13-16,19,26-27,34,37H,6-9,12,17-18H2,1-5H3,(H,33,38)(H2,32,42,43). The van der Waals surface area contributed by atoms with Crippen molar-refractivity contribution in [3.05, 3.63) is 64.7 Å². The molecule has 2 aromatic rings. The predicted molar refractivity (Wildman–Crippen MR) is 166 cm³/mol. The fourth-order valence-corrected chi connectivity index (χ4v) is 6.82. The van der Waals surface area contributed by atoms with E-state index in [1.807, 2.05) is 13.8 Å². The number of hydrazine groups is 1. The summed E-state index contributed by atoms with van der Waals surface area (Å²) < 4.78 is 77.3. The topological polar surface area (TPSA) is 179 Å². The third-order valence-corrected chi connectivity index (χ3v) is 9.07. The highest BCUT2D eigenvalue weighted by molar-refractivity contribution is 7.89. The molecule has 252 valence electrons. The number of amides is 2. The minimum atomic E-state index is -4.37. The summed E-state index contributed by atoms with van der Waals surface area (Å²) in [5.74, 6) is -3.59. The number of hydrogen-bond donors (Lipinski definition) is 4. The molecule has 0 aliphatic rings. The Bertz CT molecular complexity index is 1530. The molecule has 0 saturated carbocycles. The normalized spacial score (nSPS) is 13.6. The SMILES string of the molecule is CCCN(CCC)C(=O)c1cc(C(=O)NC(Cc2cc(F)cc(F)c2)C(O)CN(C)NS(=O)(=O)CC(C)C)cc(S(N)(=O)=O)c1. The van der Waals surface area contributed by atoms with E-state index in [1.165, 1.54) is 18.0 Å². The Labute approximate surface area is 264 Å². The second-order valence-corrected chi connectivity index (χ2v) is 14.7. The predicted octanol–water partition coefficient (Wildman–Crippen LogP) is 2.00. The van der Waals surface area contributed by atoms with Crippen molar-refractivity contribution in [2.75, 3.05) is 32.4 Å². The molecule has 0 spiro atoms. The summed E-state index contributed by atoms with van der Waals surface area (Å²) in [5.41, 5.74) is -0.299. The summed E-state index contributed by atoms with van der Waals surface area (Å²) in [6.07, 6.45) is -0.526. The average Bonchev–Trinajstić information content (AvgIpc) is 2.89. The molecule has 45 heavy (non-hydrogen) atoms. The molecule has 0 heterocycles. The molecule has 2 aromatic carbocycles. The Balaban J connectivity index is 2.48.